The zero-order chi connectivity index (χ0) is 11.4. The molecule has 2 N–H and O–H groups in total. The largest absolute Gasteiger partial charge is 0.329 e. The molecular weight excluding hydrogens is 238 g/mol. The highest BCUT2D eigenvalue weighted by Crippen LogP contribution is 2.31. The molecular formula is C11H19N3S2. The van der Waals surface area contributed by atoms with Crippen LogP contribution >= 0.6 is 23.1 Å². The first kappa shape index (κ1) is 12.4. The van der Waals surface area contributed by atoms with Gasteiger partial charge in [-0.05, 0) is 31.4 Å². The molecule has 1 fully saturated rings. The van der Waals surface area contributed by atoms with E-state index in [0.717, 1.165) is 13.1 Å². The summed E-state index contributed by atoms with van der Waals surface area (Å²) < 4.78 is 0. The minimum atomic E-state index is 0.203. The van der Waals surface area contributed by atoms with Crippen molar-refractivity contribution in [2.24, 2.45) is 5.73 Å². The van der Waals surface area contributed by atoms with Crippen molar-refractivity contribution in [1.29, 1.82) is 0 Å². The Kier molecular flexibility index (Phi) is 4.24. The average molecular weight is 257 g/mol. The fourth-order valence-electron chi connectivity index (χ4n) is 2.22. The van der Waals surface area contributed by atoms with Crippen molar-refractivity contribution in [1.82, 2.24) is 9.88 Å². The van der Waals surface area contributed by atoms with Crippen LogP contribution in [-0.4, -0.2) is 40.5 Å². The molecule has 1 aliphatic heterocycles. The summed E-state index contributed by atoms with van der Waals surface area (Å²) in [6, 6.07) is 0. The van der Waals surface area contributed by atoms with Crippen LogP contribution in [0.15, 0.2) is 10.9 Å². The lowest BCUT2D eigenvalue weighted by molar-refractivity contribution is 0.106. The summed E-state index contributed by atoms with van der Waals surface area (Å²) in [4.78, 5) is 6.75. The van der Waals surface area contributed by atoms with E-state index in [1.165, 1.54) is 30.0 Å². The second kappa shape index (κ2) is 5.49. The van der Waals surface area contributed by atoms with Crippen molar-refractivity contribution in [2.45, 2.75) is 24.9 Å². The Morgan fingerprint density at radius 3 is 2.81 bits per heavy atom. The minimum absolute atomic E-state index is 0.203. The molecule has 0 aliphatic carbocycles. The number of nitrogens with two attached hydrogens (primary N) is 1. The molecule has 1 saturated heterocycles. The van der Waals surface area contributed by atoms with Gasteiger partial charge in [-0.3, -0.25) is 4.90 Å². The molecule has 1 aromatic heterocycles. The number of thiazole rings is 1. The SMILES string of the molecule is CN(Cc1cscn1)C1(CN)CCSCC1. The fraction of sp³-hybridized carbons (Fsp3) is 0.727. The quantitative estimate of drug-likeness (QED) is 0.893. The Bertz CT molecular complexity index is 307. The maximum absolute atomic E-state index is 6.00. The number of hydrogen-bond acceptors (Lipinski definition) is 5. The van der Waals surface area contributed by atoms with Gasteiger partial charge in [0.05, 0.1) is 11.2 Å². The van der Waals surface area contributed by atoms with Gasteiger partial charge < -0.3 is 5.73 Å². The van der Waals surface area contributed by atoms with Crippen molar-refractivity contribution >= 4 is 23.1 Å². The molecule has 1 aromatic rings. The fourth-order valence-corrected chi connectivity index (χ4v) is 4.02. The van der Waals surface area contributed by atoms with Crippen LogP contribution in [0.1, 0.15) is 18.5 Å². The first-order chi connectivity index (χ1) is 7.77. The van der Waals surface area contributed by atoms with Crippen LogP contribution in [-0.2, 0) is 6.54 Å². The van der Waals surface area contributed by atoms with Gasteiger partial charge in [-0.15, -0.1) is 11.3 Å². The summed E-state index contributed by atoms with van der Waals surface area (Å²) in [5, 5.41) is 2.12. The Labute approximate surface area is 105 Å². The minimum Gasteiger partial charge on any atom is -0.329 e. The standard InChI is InChI=1S/C11H19N3S2/c1-14(6-10-7-16-9-13-10)11(8-12)2-4-15-5-3-11/h7,9H,2-6,8,12H2,1H3. The lowest BCUT2D eigenvalue weighted by atomic mass is 9.90. The molecule has 2 rings (SSSR count). The summed E-state index contributed by atoms with van der Waals surface area (Å²) in [5.74, 6) is 2.47. The van der Waals surface area contributed by atoms with Crippen molar-refractivity contribution in [3.63, 3.8) is 0 Å². The molecule has 5 heteroatoms. The summed E-state index contributed by atoms with van der Waals surface area (Å²) in [6.45, 7) is 1.68. The van der Waals surface area contributed by atoms with Crippen LogP contribution in [0.2, 0.25) is 0 Å². The van der Waals surface area contributed by atoms with Gasteiger partial charge in [0.1, 0.15) is 0 Å². The first-order valence-corrected chi connectivity index (χ1v) is 7.73. The van der Waals surface area contributed by atoms with E-state index in [1.54, 1.807) is 11.3 Å². The summed E-state index contributed by atoms with van der Waals surface area (Å²) in [6.07, 6.45) is 2.41. The highest BCUT2D eigenvalue weighted by molar-refractivity contribution is 7.99. The van der Waals surface area contributed by atoms with E-state index in [2.05, 4.69) is 22.3 Å². The first-order valence-electron chi connectivity index (χ1n) is 5.63. The number of rotatable bonds is 4. The second-order valence-corrected chi connectivity index (χ2v) is 6.32. The van der Waals surface area contributed by atoms with Crippen molar-refractivity contribution in [3.8, 4) is 0 Å². The van der Waals surface area contributed by atoms with Gasteiger partial charge >= 0.3 is 0 Å². The third-order valence-corrected chi connectivity index (χ3v) is 5.12. The van der Waals surface area contributed by atoms with Crippen molar-refractivity contribution in [3.05, 3.63) is 16.6 Å². The molecule has 16 heavy (non-hydrogen) atoms. The lowest BCUT2D eigenvalue weighted by Crippen LogP contribution is -2.53. The smallest absolute Gasteiger partial charge is 0.0795 e. The van der Waals surface area contributed by atoms with E-state index >= 15 is 0 Å². The number of nitrogens with zero attached hydrogens (tertiary/aromatic N) is 2. The van der Waals surface area contributed by atoms with Crippen LogP contribution in [0.5, 0.6) is 0 Å². The molecule has 0 saturated carbocycles. The molecule has 0 spiro atoms. The maximum atomic E-state index is 6.00. The average Bonchev–Trinajstić information content (AvgIpc) is 2.82. The summed E-state index contributed by atoms with van der Waals surface area (Å²) in [5.41, 5.74) is 9.27. The zero-order valence-electron chi connectivity index (χ0n) is 9.69. The van der Waals surface area contributed by atoms with E-state index in [4.69, 9.17) is 5.73 Å². The normalized spacial score (nSPS) is 20.2. The van der Waals surface area contributed by atoms with E-state index < -0.39 is 0 Å². The van der Waals surface area contributed by atoms with Gasteiger partial charge in [0.25, 0.3) is 0 Å². The number of likely N-dealkylation sites (N-methyl/N-ethyl adjacent to an activating group) is 1. The van der Waals surface area contributed by atoms with E-state index in [1.807, 2.05) is 17.3 Å². The highest BCUT2D eigenvalue weighted by Gasteiger charge is 2.34. The van der Waals surface area contributed by atoms with Crippen molar-refractivity contribution in [2.75, 3.05) is 25.1 Å². The zero-order valence-corrected chi connectivity index (χ0v) is 11.3. The van der Waals surface area contributed by atoms with Crippen LogP contribution in [0.25, 0.3) is 0 Å². The molecule has 0 bridgehead atoms. The Hall–Kier alpha value is -0.100. The molecule has 0 unspecified atom stereocenters. The number of thioether (sulfide) groups is 1. The van der Waals surface area contributed by atoms with Crippen LogP contribution < -0.4 is 5.73 Å². The molecule has 0 radical (unpaired) electrons. The second-order valence-electron chi connectivity index (χ2n) is 4.38. The molecule has 0 amide bonds. The third-order valence-electron chi connectivity index (χ3n) is 3.50. The molecule has 90 valence electrons. The van der Waals surface area contributed by atoms with Crippen LogP contribution in [0, 0.1) is 0 Å². The van der Waals surface area contributed by atoms with Crippen LogP contribution in [0.3, 0.4) is 0 Å². The van der Waals surface area contributed by atoms with Gasteiger partial charge in [0.15, 0.2) is 0 Å². The monoisotopic (exact) mass is 257 g/mol. The Morgan fingerprint density at radius 2 is 2.25 bits per heavy atom. The van der Waals surface area contributed by atoms with E-state index in [0.29, 0.717) is 0 Å². The number of aromatic nitrogens is 1. The molecule has 0 aromatic carbocycles. The van der Waals surface area contributed by atoms with Gasteiger partial charge in [-0.2, -0.15) is 11.8 Å². The van der Waals surface area contributed by atoms with Crippen molar-refractivity contribution < 1.29 is 0 Å². The Morgan fingerprint density at radius 1 is 1.50 bits per heavy atom. The third kappa shape index (κ3) is 2.59. The molecule has 0 atom stereocenters. The van der Waals surface area contributed by atoms with Gasteiger partial charge in [0, 0.05) is 24.0 Å². The van der Waals surface area contributed by atoms with Crippen LogP contribution in [0.4, 0.5) is 0 Å². The van der Waals surface area contributed by atoms with E-state index in [-0.39, 0.29) is 5.54 Å². The molecule has 2 heterocycles. The summed E-state index contributed by atoms with van der Waals surface area (Å²) >= 11 is 3.70. The van der Waals surface area contributed by atoms with Gasteiger partial charge in [-0.1, -0.05) is 0 Å². The summed E-state index contributed by atoms with van der Waals surface area (Å²) in [7, 11) is 2.18. The lowest BCUT2D eigenvalue weighted by Gasteiger charge is -2.43. The predicted molar refractivity (Wildman–Crippen MR) is 71.9 cm³/mol. The molecule has 1 aliphatic rings. The van der Waals surface area contributed by atoms with Gasteiger partial charge in [-0.25, -0.2) is 4.98 Å². The maximum Gasteiger partial charge on any atom is 0.0795 e. The topological polar surface area (TPSA) is 42.2 Å². The van der Waals surface area contributed by atoms with E-state index in [9.17, 15) is 0 Å². The predicted octanol–water partition coefficient (Wildman–Crippen LogP) is 1.80. The molecule has 3 nitrogen and oxygen atoms in total. The number of hydrogen-bond donors (Lipinski definition) is 1. The highest BCUT2D eigenvalue weighted by atomic mass is 32.2. The Balaban J connectivity index is 2.02. The van der Waals surface area contributed by atoms with Gasteiger partial charge in [0.2, 0.25) is 0 Å².